The Balaban J connectivity index is 1.42. The van der Waals surface area contributed by atoms with Crippen LogP contribution in [0, 0.1) is 6.92 Å². The largest absolute Gasteiger partial charge is 0.269 e. The highest BCUT2D eigenvalue weighted by molar-refractivity contribution is 7.98. The summed E-state index contributed by atoms with van der Waals surface area (Å²) in [5, 5.41) is 5.43. The first-order valence-corrected chi connectivity index (χ1v) is 10.3. The Morgan fingerprint density at radius 2 is 1.93 bits per heavy atom. The van der Waals surface area contributed by atoms with Crippen molar-refractivity contribution < 1.29 is 0 Å². The summed E-state index contributed by atoms with van der Waals surface area (Å²) < 4.78 is 3.53. The standard InChI is InChI=1S/C21H19N5OS/c1-14-7-10-18-22-16(11-19(27)25(18)12-14)13-28-21-23-20(15-8-9-15)26(24-21)17-5-3-2-4-6-17/h2-7,10-12,15H,8-9,13H2,1H3. The van der Waals surface area contributed by atoms with Crippen LogP contribution in [0.4, 0.5) is 0 Å². The van der Waals surface area contributed by atoms with E-state index in [1.54, 1.807) is 10.5 Å². The second kappa shape index (κ2) is 6.91. The maximum atomic E-state index is 12.4. The molecule has 0 atom stereocenters. The van der Waals surface area contributed by atoms with Crippen LogP contribution in [0.5, 0.6) is 0 Å². The number of para-hydroxylation sites is 1. The van der Waals surface area contributed by atoms with E-state index in [0.29, 0.717) is 17.3 Å². The fourth-order valence-corrected chi connectivity index (χ4v) is 3.92. The number of pyridine rings is 1. The Bertz CT molecular complexity index is 1210. The van der Waals surface area contributed by atoms with Crippen LogP contribution < -0.4 is 5.56 Å². The Kier molecular flexibility index (Phi) is 4.24. The molecule has 0 radical (unpaired) electrons. The molecule has 1 saturated carbocycles. The highest BCUT2D eigenvalue weighted by Crippen LogP contribution is 2.40. The van der Waals surface area contributed by atoms with E-state index >= 15 is 0 Å². The first-order valence-electron chi connectivity index (χ1n) is 9.31. The quantitative estimate of drug-likeness (QED) is 0.486. The summed E-state index contributed by atoms with van der Waals surface area (Å²) in [6.45, 7) is 1.96. The van der Waals surface area contributed by atoms with E-state index in [2.05, 4.69) is 4.98 Å². The predicted octanol–water partition coefficient (Wildman–Crippen LogP) is 3.75. The number of aromatic nitrogens is 5. The van der Waals surface area contributed by atoms with E-state index in [9.17, 15) is 4.79 Å². The van der Waals surface area contributed by atoms with Gasteiger partial charge in [-0.1, -0.05) is 36.0 Å². The van der Waals surface area contributed by atoms with Gasteiger partial charge in [-0.05, 0) is 43.5 Å². The van der Waals surface area contributed by atoms with Gasteiger partial charge in [-0.15, -0.1) is 5.10 Å². The molecular formula is C21H19N5OS. The monoisotopic (exact) mass is 389 g/mol. The SMILES string of the molecule is Cc1ccc2nc(CSc3nc(C4CC4)n(-c4ccccc4)n3)cc(=O)n2c1. The van der Waals surface area contributed by atoms with Crippen LogP contribution in [0.3, 0.4) is 0 Å². The zero-order valence-corrected chi connectivity index (χ0v) is 16.3. The molecule has 3 heterocycles. The van der Waals surface area contributed by atoms with Gasteiger partial charge in [-0.3, -0.25) is 9.20 Å². The first-order chi connectivity index (χ1) is 13.7. The summed E-state index contributed by atoms with van der Waals surface area (Å²) in [5.41, 5.74) is 3.40. The molecule has 4 aromatic rings. The molecule has 0 unspecified atom stereocenters. The zero-order chi connectivity index (χ0) is 19.1. The third-order valence-electron chi connectivity index (χ3n) is 4.77. The molecule has 1 aliphatic carbocycles. The summed E-state index contributed by atoms with van der Waals surface area (Å²) >= 11 is 1.52. The molecule has 0 amide bonds. The summed E-state index contributed by atoms with van der Waals surface area (Å²) in [6, 6.07) is 15.5. The van der Waals surface area contributed by atoms with Crippen molar-refractivity contribution >= 4 is 17.4 Å². The zero-order valence-electron chi connectivity index (χ0n) is 15.4. The van der Waals surface area contributed by atoms with Crippen molar-refractivity contribution in [2.24, 2.45) is 0 Å². The Morgan fingerprint density at radius 1 is 1.11 bits per heavy atom. The van der Waals surface area contributed by atoms with E-state index in [1.807, 2.05) is 60.3 Å². The first kappa shape index (κ1) is 17.2. The minimum absolute atomic E-state index is 0.0641. The van der Waals surface area contributed by atoms with Crippen LogP contribution in [0.2, 0.25) is 0 Å². The molecule has 140 valence electrons. The topological polar surface area (TPSA) is 65.1 Å². The van der Waals surface area contributed by atoms with Crippen molar-refractivity contribution in [2.75, 3.05) is 0 Å². The van der Waals surface area contributed by atoms with E-state index in [-0.39, 0.29) is 5.56 Å². The van der Waals surface area contributed by atoms with Crippen LogP contribution in [-0.2, 0) is 5.75 Å². The molecular weight excluding hydrogens is 370 g/mol. The lowest BCUT2D eigenvalue weighted by Gasteiger charge is -2.04. The van der Waals surface area contributed by atoms with Gasteiger partial charge < -0.3 is 0 Å². The minimum atomic E-state index is -0.0641. The number of fused-ring (bicyclic) bond motifs is 1. The van der Waals surface area contributed by atoms with Crippen molar-refractivity contribution in [1.29, 1.82) is 0 Å². The van der Waals surface area contributed by atoms with Gasteiger partial charge in [0.05, 0.1) is 11.4 Å². The molecule has 7 heteroatoms. The van der Waals surface area contributed by atoms with E-state index in [4.69, 9.17) is 10.1 Å². The molecule has 0 saturated heterocycles. The Morgan fingerprint density at radius 3 is 2.71 bits per heavy atom. The van der Waals surface area contributed by atoms with E-state index in [0.717, 1.165) is 40.8 Å². The molecule has 0 spiro atoms. The number of benzene rings is 1. The highest BCUT2D eigenvalue weighted by atomic mass is 32.2. The lowest BCUT2D eigenvalue weighted by Crippen LogP contribution is -2.15. The second-order valence-electron chi connectivity index (χ2n) is 7.08. The Labute approximate surface area is 166 Å². The molecule has 1 aliphatic rings. The molecule has 3 aromatic heterocycles. The predicted molar refractivity (Wildman–Crippen MR) is 109 cm³/mol. The van der Waals surface area contributed by atoms with Crippen molar-refractivity contribution in [3.05, 3.63) is 82.2 Å². The maximum Gasteiger partial charge on any atom is 0.258 e. The third kappa shape index (κ3) is 3.33. The molecule has 5 rings (SSSR count). The molecule has 1 fully saturated rings. The van der Waals surface area contributed by atoms with Gasteiger partial charge in [-0.25, -0.2) is 14.6 Å². The average molecular weight is 389 g/mol. The summed E-state index contributed by atoms with van der Waals surface area (Å²) in [6.07, 6.45) is 4.14. The molecule has 0 N–H and O–H groups in total. The van der Waals surface area contributed by atoms with Crippen LogP contribution in [0.25, 0.3) is 11.3 Å². The van der Waals surface area contributed by atoms with Gasteiger partial charge in [-0.2, -0.15) is 0 Å². The van der Waals surface area contributed by atoms with Gasteiger partial charge >= 0.3 is 0 Å². The van der Waals surface area contributed by atoms with Gasteiger partial charge in [0.25, 0.3) is 5.56 Å². The maximum absolute atomic E-state index is 12.4. The number of rotatable bonds is 5. The number of aryl methyl sites for hydroxylation is 1. The molecule has 28 heavy (non-hydrogen) atoms. The second-order valence-corrected chi connectivity index (χ2v) is 8.03. The lowest BCUT2D eigenvalue weighted by atomic mass is 10.3. The minimum Gasteiger partial charge on any atom is -0.269 e. The number of hydrogen-bond acceptors (Lipinski definition) is 5. The summed E-state index contributed by atoms with van der Waals surface area (Å²) in [7, 11) is 0. The number of hydrogen-bond donors (Lipinski definition) is 0. The summed E-state index contributed by atoms with van der Waals surface area (Å²) in [4.78, 5) is 21.8. The van der Waals surface area contributed by atoms with Crippen LogP contribution in [0.1, 0.15) is 35.8 Å². The van der Waals surface area contributed by atoms with Crippen LogP contribution in [-0.4, -0.2) is 24.1 Å². The van der Waals surface area contributed by atoms with Gasteiger partial charge in [0.15, 0.2) is 0 Å². The average Bonchev–Trinajstić information content (AvgIpc) is 3.47. The Hall–Kier alpha value is -2.93. The fourth-order valence-electron chi connectivity index (χ4n) is 3.20. The molecule has 0 bridgehead atoms. The fraction of sp³-hybridized carbons (Fsp3) is 0.238. The van der Waals surface area contributed by atoms with Crippen molar-refractivity contribution in [3.8, 4) is 5.69 Å². The van der Waals surface area contributed by atoms with Crippen LogP contribution in [0.15, 0.2) is 64.7 Å². The van der Waals surface area contributed by atoms with Gasteiger partial charge in [0.2, 0.25) is 5.16 Å². The molecule has 1 aromatic carbocycles. The van der Waals surface area contributed by atoms with Gasteiger partial charge in [0.1, 0.15) is 11.5 Å². The lowest BCUT2D eigenvalue weighted by molar-refractivity contribution is 0.782. The van der Waals surface area contributed by atoms with E-state index in [1.165, 1.54) is 11.8 Å². The van der Waals surface area contributed by atoms with Crippen molar-refractivity contribution in [3.63, 3.8) is 0 Å². The van der Waals surface area contributed by atoms with Gasteiger partial charge in [0, 0.05) is 23.9 Å². The molecule has 0 aliphatic heterocycles. The molecule has 6 nitrogen and oxygen atoms in total. The number of thioether (sulfide) groups is 1. The summed E-state index contributed by atoms with van der Waals surface area (Å²) in [5.74, 6) is 2.08. The van der Waals surface area contributed by atoms with E-state index < -0.39 is 0 Å². The highest BCUT2D eigenvalue weighted by Gasteiger charge is 2.30. The normalized spacial score (nSPS) is 13.9. The van der Waals surface area contributed by atoms with Crippen molar-refractivity contribution in [1.82, 2.24) is 24.1 Å². The van der Waals surface area contributed by atoms with Crippen molar-refractivity contribution in [2.45, 2.75) is 36.6 Å². The third-order valence-corrected chi connectivity index (χ3v) is 5.64. The number of nitrogens with zero attached hydrogens (tertiary/aromatic N) is 5. The van der Waals surface area contributed by atoms with Crippen LogP contribution >= 0.6 is 11.8 Å². The smallest absolute Gasteiger partial charge is 0.258 e.